The maximum absolute atomic E-state index is 13.1. The molecule has 33 heavy (non-hydrogen) atoms. The Labute approximate surface area is 198 Å². The molecule has 1 saturated carbocycles. The topological polar surface area (TPSA) is 70.2 Å². The third kappa shape index (κ3) is 6.14. The van der Waals surface area contributed by atoms with Crippen molar-refractivity contribution >= 4 is 24.0 Å². The van der Waals surface area contributed by atoms with Crippen LogP contribution < -0.4 is 16.0 Å². The first-order chi connectivity index (χ1) is 15.6. The van der Waals surface area contributed by atoms with Crippen LogP contribution in [0, 0.1) is 0 Å². The summed E-state index contributed by atoms with van der Waals surface area (Å²) in [6, 6.07) is 6.21. The van der Waals surface area contributed by atoms with Gasteiger partial charge in [-0.1, -0.05) is 37.5 Å². The van der Waals surface area contributed by atoms with E-state index in [1.165, 1.54) is 19.3 Å². The van der Waals surface area contributed by atoms with Crippen molar-refractivity contribution in [2.24, 2.45) is 0 Å². The lowest BCUT2D eigenvalue weighted by Gasteiger charge is -2.46. The molecule has 3 aliphatic rings. The van der Waals surface area contributed by atoms with Crippen molar-refractivity contribution in [3.8, 4) is 0 Å². The summed E-state index contributed by atoms with van der Waals surface area (Å²) < 4.78 is 0. The van der Waals surface area contributed by atoms with E-state index in [0.717, 1.165) is 42.4 Å². The predicted molar refractivity (Wildman–Crippen MR) is 135 cm³/mol. The summed E-state index contributed by atoms with van der Waals surface area (Å²) in [7, 11) is 0. The third-order valence-corrected chi connectivity index (χ3v) is 7.07. The van der Waals surface area contributed by atoms with Crippen molar-refractivity contribution in [3.63, 3.8) is 0 Å². The quantitative estimate of drug-likeness (QED) is 0.607. The molecule has 0 spiro atoms. The summed E-state index contributed by atoms with van der Waals surface area (Å²) in [4.78, 5) is 25.9. The van der Waals surface area contributed by atoms with Crippen molar-refractivity contribution in [1.82, 2.24) is 16.0 Å². The molecular formula is C28H39N3O2. The second kappa shape index (κ2) is 9.46. The van der Waals surface area contributed by atoms with Crippen LogP contribution in [0.4, 0.5) is 0 Å². The van der Waals surface area contributed by atoms with Gasteiger partial charge >= 0.3 is 0 Å². The predicted octanol–water partition coefficient (Wildman–Crippen LogP) is 4.97. The number of nitrogens with one attached hydrogen (secondary N) is 3. The average molecular weight is 450 g/mol. The highest BCUT2D eigenvalue weighted by atomic mass is 16.2. The lowest BCUT2D eigenvalue weighted by atomic mass is 9.79. The molecule has 1 aromatic rings. The van der Waals surface area contributed by atoms with Crippen LogP contribution in [-0.4, -0.2) is 35.0 Å². The number of rotatable bonds is 4. The zero-order valence-electron chi connectivity index (χ0n) is 20.6. The molecule has 4 rings (SSSR count). The Bertz CT molecular complexity index is 951. The van der Waals surface area contributed by atoms with Gasteiger partial charge < -0.3 is 16.0 Å². The molecule has 2 amide bonds. The number of carbonyl (C=O) groups is 2. The molecule has 5 nitrogen and oxygen atoms in total. The van der Waals surface area contributed by atoms with E-state index >= 15 is 0 Å². The second-order valence-corrected chi connectivity index (χ2v) is 11.4. The number of hydrogen-bond donors (Lipinski definition) is 3. The van der Waals surface area contributed by atoms with E-state index in [4.69, 9.17) is 0 Å². The van der Waals surface area contributed by atoms with Crippen LogP contribution in [0.15, 0.2) is 29.8 Å². The Hall–Kier alpha value is -2.40. The molecule has 2 fully saturated rings. The summed E-state index contributed by atoms with van der Waals surface area (Å²) in [6.45, 7) is 8.76. The van der Waals surface area contributed by atoms with Gasteiger partial charge in [0, 0.05) is 34.3 Å². The molecule has 1 aliphatic heterocycles. The van der Waals surface area contributed by atoms with Crippen LogP contribution in [0.2, 0.25) is 0 Å². The lowest BCUT2D eigenvalue weighted by molar-refractivity contribution is -0.118. The molecule has 1 heterocycles. The molecule has 1 aromatic carbocycles. The zero-order valence-corrected chi connectivity index (χ0v) is 20.6. The van der Waals surface area contributed by atoms with Crippen molar-refractivity contribution < 1.29 is 9.59 Å². The van der Waals surface area contributed by atoms with Gasteiger partial charge in [-0.25, -0.2) is 0 Å². The van der Waals surface area contributed by atoms with Gasteiger partial charge in [0.1, 0.15) is 0 Å². The fourth-order valence-electron chi connectivity index (χ4n) is 5.93. The van der Waals surface area contributed by atoms with Crippen molar-refractivity contribution in [2.75, 3.05) is 0 Å². The van der Waals surface area contributed by atoms with Crippen LogP contribution in [0.1, 0.15) is 101 Å². The molecule has 0 unspecified atom stereocenters. The number of hydrogen-bond acceptors (Lipinski definition) is 3. The van der Waals surface area contributed by atoms with Gasteiger partial charge in [-0.15, -0.1) is 0 Å². The van der Waals surface area contributed by atoms with E-state index in [1.807, 2.05) is 36.4 Å². The molecular weight excluding hydrogens is 410 g/mol. The highest BCUT2D eigenvalue weighted by molar-refractivity contribution is 6.00. The standard InChI is InChI=1S/C28H39N3O2/c1-27(2)17-24(18-28(3,4)31-27)30-26(33)22-14-13-20-16-21(10-8-9-19(20)15-22)25(32)29-23-11-6-5-7-12-23/h8-9,13-16,23-24,31H,5-7,10-12,17-18H2,1-4H3,(H,29,32)(H,30,33). The Morgan fingerprint density at radius 3 is 2.24 bits per heavy atom. The van der Waals surface area contributed by atoms with E-state index in [-0.39, 0.29) is 28.9 Å². The fourth-order valence-corrected chi connectivity index (χ4v) is 5.93. The summed E-state index contributed by atoms with van der Waals surface area (Å²) >= 11 is 0. The minimum atomic E-state index is -0.0341. The SMILES string of the molecule is CC1(C)CC(NC(=O)c2ccc3c(c2)C=CCC(C(=O)NC2CCCCC2)=C3)CC(C)(C)N1. The molecule has 178 valence electrons. The maximum Gasteiger partial charge on any atom is 0.251 e. The van der Waals surface area contributed by atoms with E-state index in [1.54, 1.807) is 0 Å². The monoisotopic (exact) mass is 449 g/mol. The van der Waals surface area contributed by atoms with Crippen molar-refractivity contribution in [2.45, 2.75) is 102 Å². The van der Waals surface area contributed by atoms with Gasteiger partial charge in [0.15, 0.2) is 0 Å². The Balaban J connectivity index is 1.45. The highest BCUT2D eigenvalue weighted by Gasteiger charge is 2.38. The maximum atomic E-state index is 13.1. The summed E-state index contributed by atoms with van der Waals surface area (Å²) in [6.07, 6.45) is 14.3. The summed E-state index contributed by atoms with van der Waals surface area (Å²) in [5, 5.41) is 10.1. The van der Waals surface area contributed by atoms with Crippen LogP contribution in [0.3, 0.4) is 0 Å². The second-order valence-electron chi connectivity index (χ2n) is 11.4. The van der Waals surface area contributed by atoms with E-state index < -0.39 is 0 Å². The fraction of sp³-hybridized carbons (Fsp3) is 0.571. The lowest BCUT2D eigenvalue weighted by Crippen LogP contribution is -2.62. The first-order valence-electron chi connectivity index (χ1n) is 12.5. The molecule has 0 bridgehead atoms. The minimum Gasteiger partial charge on any atom is -0.350 e. The van der Waals surface area contributed by atoms with E-state index in [2.05, 4.69) is 43.6 Å². The Morgan fingerprint density at radius 1 is 0.879 bits per heavy atom. The largest absolute Gasteiger partial charge is 0.350 e. The van der Waals surface area contributed by atoms with Gasteiger partial charge in [0.25, 0.3) is 5.91 Å². The molecule has 3 N–H and O–H groups in total. The highest BCUT2D eigenvalue weighted by Crippen LogP contribution is 2.29. The Kier molecular flexibility index (Phi) is 6.81. The van der Waals surface area contributed by atoms with E-state index in [0.29, 0.717) is 18.0 Å². The molecule has 1 saturated heterocycles. The number of benzene rings is 1. The molecule has 0 atom stereocenters. The zero-order chi connectivity index (χ0) is 23.6. The summed E-state index contributed by atoms with van der Waals surface area (Å²) in [5.74, 6) is 0.00514. The number of amides is 2. The first kappa shape index (κ1) is 23.7. The van der Waals surface area contributed by atoms with E-state index in [9.17, 15) is 9.59 Å². The number of allylic oxidation sites excluding steroid dienone is 1. The van der Waals surface area contributed by atoms with Crippen molar-refractivity contribution in [3.05, 3.63) is 46.5 Å². The van der Waals surface area contributed by atoms with Gasteiger partial charge in [0.2, 0.25) is 5.91 Å². The van der Waals surface area contributed by atoms with Gasteiger partial charge in [-0.3, -0.25) is 9.59 Å². The first-order valence-corrected chi connectivity index (χ1v) is 12.5. The number of piperidine rings is 1. The normalized spacial score (nSPS) is 22.6. The third-order valence-electron chi connectivity index (χ3n) is 7.07. The van der Waals surface area contributed by atoms with Crippen molar-refractivity contribution in [1.29, 1.82) is 0 Å². The molecule has 0 aromatic heterocycles. The number of carbonyl (C=O) groups excluding carboxylic acids is 2. The molecule has 0 radical (unpaired) electrons. The van der Waals surface area contributed by atoms with Crippen LogP contribution in [0.25, 0.3) is 12.2 Å². The smallest absolute Gasteiger partial charge is 0.251 e. The minimum absolute atomic E-state index is 0.0183. The van der Waals surface area contributed by atoms with Crippen LogP contribution in [-0.2, 0) is 4.79 Å². The van der Waals surface area contributed by atoms with Gasteiger partial charge in [0.05, 0.1) is 0 Å². The Morgan fingerprint density at radius 2 is 1.55 bits per heavy atom. The van der Waals surface area contributed by atoms with Gasteiger partial charge in [-0.2, -0.15) is 0 Å². The molecule has 2 aliphatic carbocycles. The van der Waals surface area contributed by atoms with Crippen LogP contribution in [0.5, 0.6) is 0 Å². The summed E-state index contributed by atoms with van der Waals surface area (Å²) in [5.41, 5.74) is 3.38. The average Bonchev–Trinajstić information content (AvgIpc) is 2.94. The van der Waals surface area contributed by atoms with Gasteiger partial charge in [-0.05, 0) is 89.1 Å². The molecule has 5 heteroatoms. The van der Waals surface area contributed by atoms with Crippen LogP contribution >= 0.6 is 0 Å². The number of fused-ring (bicyclic) bond motifs is 1.